The molecule has 0 bridgehead atoms. The standard InChI is InChI=1S/C24H38N4O4.4ClH/c25-13-19-11-17(5-7-21(19)29)23(31)15-27-9-3-1-2-4-10-28-16-24(32)18-6-8-22(30)20(12-18)14-26;;;;/h5-8,11-12,23-24,27-32H,1-4,9-10,13-16,25-26H2;4*1H. The Bertz CT molecular complexity index is 769. The van der Waals surface area contributed by atoms with E-state index in [1.54, 1.807) is 36.4 Å². The van der Waals surface area contributed by atoms with Gasteiger partial charge >= 0.3 is 0 Å². The van der Waals surface area contributed by atoms with E-state index in [1.165, 1.54) is 0 Å². The van der Waals surface area contributed by atoms with Crippen molar-refractivity contribution in [2.24, 2.45) is 11.5 Å². The van der Waals surface area contributed by atoms with Gasteiger partial charge in [-0.2, -0.15) is 0 Å². The molecule has 8 nitrogen and oxygen atoms in total. The number of phenols is 2. The summed E-state index contributed by atoms with van der Waals surface area (Å²) < 4.78 is 0. The third-order valence-corrected chi connectivity index (χ3v) is 5.55. The van der Waals surface area contributed by atoms with Crippen LogP contribution in [0.4, 0.5) is 0 Å². The molecule has 0 aliphatic heterocycles. The molecule has 0 aliphatic carbocycles. The van der Waals surface area contributed by atoms with Crippen molar-refractivity contribution in [2.45, 2.75) is 51.0 Å². The Balaban J connectivity index is -0.00000272. The second-order valence-corrected chi connectivity index (χ2v) is 8.04. The van der Waals surface area contributed by atoms with Crippen LogP contribution in [0.25, 0.3) is 0 Å². The van der Waals surface area contributed by atoms with Crippen molar-refractivity contribution in [1.29, 1.82) is 0 Å². The zero-order chi connectivity index (χ0) is 23.3. The molecule has 2 atom stereocenters. The van der Waals surface area contributed by atoms with Crippen LogP contribution in [0.1, 0.15) is 60.1 Å². The van der Waals surface area contributed by atoms with Gasteiger partial charge in [0.05, 0.1) is 12.2 Å². The number of hydrogen-bond donors (Lipinski definition) is 8. The van der Waals surface area contributed by atoms with E-state index < -0.39 is 12.2 Å². The predicted octanol–water partition coefficient (Wildman–Crippen LogP) is 3.21. The summed E-state index contributed by atoms with van der Waals surface area (Å²) in [5.41, 5.74) is 13.9. The van der Waals surface area contributed by atoms with E-state index in [1.807, 2.05) is 0 Å². The Morgan fingerprint density at radius 2 is 0.972 bits per heavy atom. The molecule has 0 radical (unpaired) electrons. The Morgan fingerprint density at radius 3 is 1.31 bits per heavy atom. The van der Waals surface area contributed by atoms with Gasteiger partial charge in [0.2, 0.25) is 0 Å². The van der Waals surface area contributed by atoms with Gasteiger partial charge in [-0.25, -0.2) is 0 Å². The topological polar surface area (TPSA) is 157 Å². The lowest BCUT2D eigenvalue weighted by Crippen LogP contribution is -2.23. The number of aromatic hydroxyl groups is 2. The third kappa shape index (κ3) is 13.5. The monoisotopic (exact) mass is 590 g/mol. The minimum Gasteiger partial charge on any atom is -0.508 e. The fourth-order valence-electron chi connectivity index (χ4n) is 3.52. The highest BCUT2D eigenvalue weighted by Gasteiger charge is 2.11. The number of halogens is 4. The summed E-state index contributed by atoms with van der Waals surface area (Å²) in [6, 6.07) is 10.0. The van der Waals surface area contributed by atoms with Crippen molar-refractivity contribution in [3.63, 3.8) is 0 Å². The number of phenolic OH excluding ortho intramolecular Hbond substituents is 2. The molecule has 0 saturated carbocycles. The van der Waals surface area contributed by atoms with Crippen molar-refractivity contribution in [2.75, 3.05) is 26.2 Å². The minimum atomic E-state index is -0.633. The maximum absolute atomic E-state index is 10.3. The zero-order valence-electron chi connectivity index (χ0n) is 20.3. The number of rotatable bonds is 15. The normalized spacial score (nSPS) is 11.8. The fraction of sp³-hybridized carbons (Fsp3) is 0.500. The number of unbranched alkanes of at least 4 members (excludes halogenated alkanes) is 3. The van der Waals surface area contributed by atoms with E-state index in [0.717, 1.165) is 49.9 Å². The van der Waals surface area contributed by atoms with E-state index >= 15 is 0 Å². The largest absolute Gasteiger partial charge is 0.508 e. The number of nitrogens with two attached hydrogens (primary N) is 2. The highest BCUT2D eigenvalue weighted by Crippen LogP contribution is 2.22. The molecule has 2 rings (SSSR count). The molecule has 0 aromatic heterocycles. The van der Waals surface area contributed by atoms with Crippen molar-refractivity contribution in [3.05, 3.63) is 58.7 Å². The minimum absolute atomic E-state index is 0. The van der Waals surface area contributed by atoms with Gasteiger partial charge in [-0.1, -0.05) is 25.0 Å². The quantitative estimate of drug-likeness (QED) is 0.147. The van der Waals surface area contributed by atoms with Crippen LogP contribution in [-0.4, -0.2) is 46.6 Å². The van der Waals surface area contributed by atoms with Crippen molar-refractivity contribution in [3.8, 4) is 11.5 Å². The average Bonchev–Trinajstić information content (AvgIpc) is 2.80. The number of aliphatic hydroxyl groups excluding tert-OH is 2. The van der Waals surface area contributed by atoms with E-state index in [4.69, 9.17) is 11.5 Å². The van der Waals surface area contributed by atoms with Gasteiger partial charge in [0, 0.05) is 37.3 Å². The van der Waals surface area contributed by atoms with E-state index in [0.29, 0.717) is 24.2 Å². The van der Waals surface area contributed by atoms with Crippen LogP contribution in [0.5, 0.6) is 11.5 Å². The highest BCUT2D eigenvalue weighted by atomic mass is 35.5. The van der Waals surface area contributed by atoms with Gasteiger partial charge in [-0.05, 0) is 61.3 Å². The van der Waals surface area contributed by atoms with E-state index in [9.17, 15) is 20.4 Å². The van der Waals surface area contributed by atoms with Crippen LogP contribution >= 0.6 is 49.6 Å². The summed E-state index contributed by atoms with van der Waals surface area (Å²) >= 11 is 0. The maximum atomic E-state index is 10.3. The van der Waals surface area contributed by atoms with Crippen LogP contribution in [0.15, 0.2) is 36.4 Å². The fourth-order valence-corrected chi connectivity index (χ4v) is 3.52. The molecule has 2 aromatic rings. The third-order valence-electron chi connectivity index (χ3n) is 5.55. The average molecular weight is 592 g/mol. The summed E-state index contributed by atoms with van der Waals surface area (Å²) in [5, 5.41) is 46.4. The predicted molar refractivity (Wildman–Crippen MR) is 155 cm³/mol. The number of benzene rings is 2. The van der Waals surface area contributed by atoms with Gasteiger partial charge in [0.15, 0.2) is 0 Å². The van der Waals surface area contributed by atoms with Crippen LogP contribution < -0.4 is 22.1 Å². The van der Waals surface area contributed by atoms with Crippen LogP contribution in [0, 0.1) is 0 Å². The SMILES string of the molecule is Cl.Cl.Cl.Cl.NCc1cc(C(O)CNCCCCCCNCC(O)c2ccc(O)c(CN)c2)ccc1O. The summed E-state index contributed by atoms with van der Waals surface area (Å²) in [7, 11) is 0. The summed E-state index contributed by atoms with van der Waals surface area (Å²) in [5.74, 6) is 0.308. The first-order valence-electron chi connectivity index (χ1n) is 11.3. The molecule has 12 heteroatoms. The molecule has 2 aromatic carbocycles. The lowest BCUT2D eigenvalue weighted by Gasteiger charge is -2.14. The first-order chi connectivity index (χ1) is 15.5. The summed E-state index contributed by atoms with van der Waals surface area (Å²) in [6.45, 7) is 3.04. The van der Waals surface area contributed by atoms with Gasteiger partial charge in [-0.3, -0.25) is 0 Å². The number of hydrogen-bond acceptors (Lipinski definition) is 8. The highest BCUT2D eigenvalue weighted by molar-refractivity contribution is 5.86. The van der Waals surface area contributed by atoms with Gasteiger partial charge in [-0.15, -0.1) is 49.6 Å². The Kier molecular flexibility index (Phi) is 24.1. The Labute approximate surface area is 238 Å². The van der Waals surface area contributed by atoms with Crippen LogP contribution in [0.2, 0.25) is 0 Å². The smallest absolute Gasteiger partial charge is 0.120 e. The van der Waals surface area contributed by atoms with Gasteiger partial charge in [0.1, 0.15) is 11.5 Å². The lowest BCUT2D eigenvalue weighted by atomic mass is 10.0. The number of aliphatic hydroxyl groups is 2. The van der Waals surface area contributed by atoms with E-state index in [2.05, 4.69) is 10.6 Å². The molecule has 0 saturated heterocycles. The molecule has 36 heavy (non-hydrogen) atoms. The first kappa shape index (κ1) is 39.5. The molecular formula is C24H42Cl4N4O4. The van der Waals surface area contributed by atoms with Crippen molar-refractivity contribution < 1.29 is 20.4 Å². The molecule has 0 fully saturated rings. The van der Waals surface area contributed by atoms with Crippen LogP contribution in [-0.2, 0) is 13.1 Å². The van der Waals surface area contributed by atoms with Crippen molar-refractivity contribution in [1.82, 2.24) is 10.6 Å². The van der Waals surface area contributed by atoms with Crippen LogP contribution in [0.3, 0.4) is 0 Å². The zero-order valence-corrected chi connectivity index (χ0v) is 23.5. The molecule has 0 aliphatic rings. The first-order valence-corrected chi connectivity index (χ1v) is 11.3. The molecule has 0 heterocycles. The Morgan fingerprint density at radius 1 is 0.611 bits per heavy atom. The molecule has 2 unspecified atom stereocenters. The molecule has 0 amide bonds. The maximum Gasteiger partial charge on any atom is 0.120 e. The van der Waals surface area contributed by atoms with Gasteiger partial charge < -0.3 is 42.5 Å². The van der Waals surface area contributed by atoms with Gasteiger partial charge in [0.25, 0.3) is 0 Å². The molecule has 10 N–H and O–H groups in total. The summed E-state index contributed by atoms with van der Waals surface area (Å²) in [4.78, 5) is 0. The molecule has 210 valence electrons. The van der Waals surface area contributed by atoms with Crippen molar-refractivity contribution >= 4 is 49.6 Å². The Hall–Kier alpha value is -1.04. The summed E-state index contributed by atoms with van der Waals surface area (Å²) in [6.07, 6.45) is 2.95. The molecular weight excluding hydrogens is 550 g/mol. The second kappa shape index (κ2) is 22.0. The number of nitrogens with one attached hydrogen (secondary N) is 2. The molecule has 0 spiro atoms. The second-order valence-electron chi connectivity index (χ2n) is 8.04. The lowest BCUT2D eigenvalue weighted by molar-refractivity contribution is 0.173. The van der Waals surface area contributed by atoms with E-state index in [-0.39, 0.29) is 74.2 Å².